The number of carbonyl (C=O) groups excluding carboxylic acids is 2. The lowest BCUT2D eigenvalue weighted by Gasteiger charge is -1.99. The van der Waals surface area contributed by atoms with E-state index in [9.17, 15) is 14.0 Å². The van der Waals surface area contributed by atoms with E-state index in [0.717, 1.165) is 0 Å². The first kappa shape index (κ1) is 12.9. The van der Waals surface area contributed by atoms with E-state index in [-0.39, 0.29) is 18.3 Å². The predicted molar refractivity (Wildman–Crippen MR) is 60.5 cm³/mol. The standard InChI is InChI=1S/C12H12FNO3/c1-14-11(15)8-17-12(16)7-4-9-2-5-10(13)6-3-9/h2-7H,8H2,1H3,(H,14,15)/b7-4+. The van der Waals surface area contributed by atoms with Gasteiger partial charge in [-0.1, -0.05) is 12.1 Å². The Hall–Kier alpha value is -2.17. The molecule has 0 saturated carbocycles. The summed E-state index contributed by atoms with van der Waals surface area (Å²) in [5.41, 5.74) is 0.670. The van der Waals surface area contributed by atoms with Gasteiger partial charge in [0, 0.05) is 13.1 Å². The lowest BCUT2D eigenvalue weighted by atomic mass is 10.2. The van der Waals surface area contributed by atoms with Gasteiger partial charge in [-0.2, -0.15) is 0 Å². The van der Waals surface area contributed by atoms with Crippen molar-refractivity contribution in [2.75, 3.05) is 13.7 Å². The van der Waals surface area contributed by atoms with Gasteiger partial charge in [-0.3, -0.25) is 4.79 Å². The van der Waals surface area contributed by atoms with Crippen LogP contribution in [0.5, 0.6) is 0 Å². The summed E-state index contributed by atoms with van der Waals surface area (Å²) in [6.07, 6.45) is 2.65. The molecule has 1 rings (SSSR count). The molecule has 0 bridgehead atoms. The molecule has 0 saturated heterocycles. The second kappa shape index (κ2) is 6.42. The molecule has 0 aliphatic rings. The van der Waals surface area contributed by atoms with Gasteiger partial charge in [-0.05, 0) is 23.8 Å². The molecule has 0 aromatic heterocycles. The number of likely N-dealkylation sites (N-methyl/N-ethyl adjacent to an activating group) is 1. The van der Waals surface area contributed by atoms with Crippen LogP contribution in [0, 0.1) is 5.82 Å². The normalized spacial score (nSPS) is 10.2. The summed E-state index contributed by atoms with van der Waals surface area (Å²) < 4.78 is 17.2. The summed E-state index contributed by atoms with van der Waals surface area (Å²) in [6, 6.07) is 5.63. The van der Waals surface area contributed by atoms with Crippen molar-refractivity contribution in [2.45, 2.75) is 0 Å². The Kier molecular flexibility index (Phi) is 4.87. The Morgan fingerprint density at radius 3 is 2.59 bits per heavy atom. The van der Waals surface area contributed by atoms with Gasteiger partial charge >= 0.3 is 5.97 Å². The summed E-state index contributed by atoms with van der Waals surface area (Å²) in [5.74, 6) is -1.35. The van der Waals surface area contributed by atoms with Gasteiger partial charge in [0.15, 0.2) is 6.61 Å². The number of rotatable bonds is 4. The maximum atomic E-state index is 12.6. The molecule has 17 heavy (non-hydrogen) atoms. The number of benzene rings is 1. The number of halogens is 1. The highest BCUT2D eigenvalue weighted by Gasteiger charge is 2.01. The average Bonchev–Trinajstić information content (AvgIpc) is 2.35. The van der Waals surface area contributed by atoms with Crippen LogP contribution < -0.4 is 5.32 Å². The Morgan fingerprint density at radius 1 is 1.35 bits per heavy atom. The van der Waals surface area contributed by atoms with Crippen molar-refractivity contribution in [3.63, 3.8) is 0 Å². The zero-order chi connectivity index (χ0) is 12.7. The predicted octanol–water partition coefficient (Wildman–Crippen LogP) is 1.13. The monoisotopic (exact) mass is 237 g/mol. The van der Waals surface area contributed by atoms with Crippen molar-refractivity contribution in [1.82, 2.24) is 5.32 Å². The molecule has 0 spiro atoms. The highest BCUT2D eigenvalue weighted by molar-refractivity contribution is 5.89. The van der Waals surface area contributed by atoms with Crippen LogP contribution in [0.15, 0.2) is 30.3 Å². The highest BCUT2D eigenvalue weighted by Crippen LogP contribution is 2.04. The lowest BCUT2D eigenvalue weighted by Crippen LogP contribution is -2.24. The number of carbonyl (C=O) groups is 2. The van der Waals surface area contributed by atoms with Crippen molar-refractivity contribution in [3.8, 4) is 0 Å². The van der Waals surface area contributed by atoms with Crippen molar-refractivity contribution in [1.29, 1.82) is 0 Å². The third kappa shape index (κ3) is 4.92. The van der Waals surface area contributed by atoms with E-state index < -0.39 is 5.97 Å². The third-order valence-electron chi connectivity index (χ3n) is 1.91. The first-order valence-electron chi connectivity index (χ1n) is 4.93. The molecule has 0 fully saturated rings. The fourth-order valence-corrected chi connectivity index (χ4v) is 0.995. The molecule has 4 nitrogen and oxygen atoms in total. The van der Waals surface area contributed by atoms with E-state index >= 15 is 0 Å². The SMILES string of the molecule is CNC(=O)COC(=O)/C=C/c1ccc(F)cc1. The van der Waals surface area contributed by atoms with Crippen LogP contribution in [0.4, 0.5) is 4.39 Å². The van der Waals surface area contributed by atoms with Crippen LogP contribution >= 0.6 is 0 Å². The van der Waals surface area contributed by atoms with Crippen LogP contribution in [0.2, 0.25) is 0 Å². The fourth-order valence-electron chi connectivity index (χ4n) is 0.995. The molecule has 1 aromatic carbocycles. The molecule has 0 unspecified atom stereocenters. The van der Waals surface area contributed by atoms with Crippen molar-refractivity contribution in [3.05, 3.63) is 41.7 Å². The minimum Gasteiger partial charge on any atom is -0.452 e. The molecule has 1 aromatic rings. The summed E-state index contributed by atoms with van der Waals surface area (Å²) >= 11 is 0. The Morgan fingerprint density at radius 2 is 2.00 bits per heavy atom. The zero-order valence-corrected chi connectivity index (χ0v) is 9.27. The third-order valence-corrected chi connectivity index (χ3v) is 1.91. The van der Waals surface area contributed by atoms with E-state index in [2.05, 4.69) is 10.1 Å². The number of ether oxygens (including phenoxy) is 1. The number of amides is 1. The largest absolute Gasteiger partial charge is 0.452 e. The summed E-state index contributed by atoms with van der Waals surface area (Å²) in [7, 11) is 1.45. The van der Waals surface area contributed by atoms with E-state index in [4.69, 9.17) is 0 Å². The molecular weight excluding hydrogens is 225 g/mol. The van der Waals surface area contributed by atoms with Gasteiger partial charge in [0.2, 0.25) is 0 Å². The van der Waals surface area contributed by atoms with Gasteiger partial charge in [-0.15, -0.1) is 0 Å². The molecule has 0 aliphatic carbocycles. The molecule has 0 radical (unpaired) electrons. The maximum absolute atomic E-state index is 12.6. The minimum atomic E-state index is -0.627. The molecular formula is C12H12FNO3. The second-order valence-corrected chi connectivity index (χ2v) is 3.17. The first-order chi connectivity index (χ1) is 8.11. The maximum Gasteiger partial charge on any atom is 0.331 e. The molecule has 1 amide bonds. The number of nitrogens with one attached hydrogen (secondary N) is 1. The molecule has 0 atom stereocenters. The smallest absolute Gasteiger partial charge is 0.331 e. The highest BCUT2D eigenvalue weighted by atomic mass is 19.1. The van der Waals surface area contributed by atoms with Gasteiger partial charge in [-0.25, -0.2) is 9.18 Å². The Bertz CT molecular complexity index is 426. The number of hydrogen-bond acceptors (Lipinski definition) is 3. The van der Waals surface area contributed by atoms with Crippen LogP contribution in [0.3, 0.4) is 0 Å². The van der Waals surface area contributed by atoms with Crippen molar-refractivity contribution in [2.24, 2.45) is 0 Å². The van der Waals surface area contributed by atoms with E-state index in [1.165, 1.54) is 43.5 Å². The molecule has 0 heterocycles. The number of esters is 1. The second-order valence-electron chi connectivity index (χ2n) is 3.17. The Labute approximate surface area is 98.1 Å². The summed E-state index contributed by atoms with van der Waals surface area (Å²) in [5, 5.41) is 2.32. The van der Waals surface area contributed by atoms with E-state index in [1.54, 1.807) is 0 Å². The van der Waals surface area contributed by atoms with E-state index in [0.29, 0.717) is 5.56 Å². The van der Waals surface area contributed by atoms with Crippen LogP contribution in [-0.4, -0.2) is 25.5 Å². The van der Waals surface area contributed by atoms with Gasteiger partial charge in [0.25, 0.3) is 5.91 Å². The molecule has 0 aliphatic heterocycles. The minimum absolute atomic E-state index is 0.316. The van der Waals surface area contributed by atoms with Gasteiger partial charge in [0.05, 0.1) is 0 Å². The van der Waals surface area contributed by atoms with Gasteiger partial charge in [0.1, 0.15) is 5.82 Å². The first-order valence-corrected chi connectivity index (χ1v) is 4.93. The topological polar surface area (TPSA) is 55.4 Å². The summed E-state index contributed by atoms with van der Waals surface area (Å²) in [4.78, 5) is 21.9. The van der Waals surface area contributed by atoms with Crippen LogP contribution in [0.1, 0.15) is 5.56 Å². The number of hydrogen-bond donors (Lipinski definition) is 1. The van der Waals surface area contributed by atoms with Gasteiger partial charge < -0.3 is 10.1 Å². The van der Waals surface area contributed by atoms with Crippen LogP contribution in [-0.2, 0) is 14.3 Å². The Balaban J connectivity index is 2.45. The van der Waals surface area contributed by atoms with Crippen LogP contribution in [0.25, 0.3) is 6.08 Å². The van der Waals surface area contributed by atoms with Crippen molar-refractivity contribution >= 4 is 18.0 Å². The summed E-state index contributed by atoms with van der Waals surface area (Å²) in [6.45, 7) is -0.316. The quantitative estimate of drug-likeness (QED) is 0.630. The lowest BCUT2D eigenvalue weighted by molar-refractivity contribution is -0.143. The average molecular weight is 237 g/mol. The van der Waals surface area contributed by atoms with Crippen molar-refractivity contribution < 1.29 is 18.7 Å². The molecule has 90 valence electrons. The molecule has 1 N–H and O–H groups in total. The molecule has 5 heteroatoms. The fraction of sp³-hybridized carbons (Fsp3) is 0.167. The zero-order valence-electron chi connectivity index (χ0n) is 9.27. The van der Waals surface area contributed by atoms with E-state index in [1.807, 2.05) is 0 Å².